The highest BCUT2D eigenvalue weighted by Gasteiger charge is 2.46. The van der Waals surface area contributed by atoms with Gasteiger partial charge >= 0.3 is 6.09 Å². The maximum absolute atomic E-state index is 11.8. The van der Waals surface area contributed by atoms with Crippen molar-refractivity contribution in [3.8, 4) is 0 Å². The lowest BCUT2D eigenvalue weighted by molar-refractivity contribution is 0.156. The Hall–Kier alpha value is -1.97. The second-order valence-corrected chi connectivity index (χ2v) is 3.64. The second-order valence-electron chi connectivity index (χ2n) is 3.64. The van der Waals surface area contributed by atoms with Gasteiger partial charge in [0, 0.05) is 5.56 Å². The normalized spacial score (nSPS) is 20.2. The lowest BCUT2D eigenvalue weighted by atomic mass is 10.1. The molecule has 1 aromatic carbocycles. The lowest BCUT2D eigenvalue weighted by Crippen LogP contribution is -2.35. The number of benzene rings is 1. The van der Waals surface area contributed by atoms with Crippen LogP contribution >= 0.6 is 0 Å². The molecule has 82 valence electrons. The van der Waals surface area contributed by atoms with E-state index in [-0.39, 0.29) is 12.3 Å². The maximum Gasteiger partial charge on any atom is 0.417 e. The van der Waals surface area contributed by atoms with E-state index < -0.39 is 0 Å². The minimum Gasteiger partial charge on any atom is -0.461 e. The zero-order chi connectivity index (χ0) is 11.1. The third-order valence-corrected chi connectivity index (χ3v) is 2.63. The number of hydrogen-bond acceptors (Lipinski definition) is 3. The molecule has 0 radical (unpaired) electrons. The summed E-state index contributed by atoms with van der Waals surface area (Å²) in [5.41, 5.74) is 1.83. The summed E-state index contributed by atoms with van der Waals surface area (Å²) in [6.45, 7) is 2.15. The van der Waals surface area contributed by atoms with Crippen LogP contribution in [0.5, 0.6) is 0 Å². The minimum absolute atomic E-state index is 0.256. The summed E-state index contributed by atoms with van der Waals surface area (Å²) in [5.74, 6) is 0.826. The van der Waals surface area contributed by atoms with E-state index in [9.17, 15) is 4.79 Å². The summed E-state index contributed by atoms with van der Waals surface area (Å²) in [7, 11) is 0. The Bertz CT molecular complexity index is 481. The number of fused-ring (bicyclic) bond motifs is 2. The van der Waals surface area contributed by atoms with Crippen LogP contribution in [-0.4, -0.2) is 18.9 Å². The Morgan fingerprint density at radius 3 is 3.12 bits per heavy atom. The first-order chi connectivity index (χ1) is 7.81. The summed E-state index contributed by atoms with van der Waals surface area (Å²) in [6, 6.07) is 7.67. The molecule has 4 heteroatoms. The zero-order valence-electron chi connectivity index (χ0n) is 8.84. The third kappa shape index (κ3) is 1.26. The van der Waals surface area contributed by atoms with E-state index in [1.54, 1.807) is 11.8 Å². The topological polar surface area (TPSA) is 42.1 Å². The van der Waals surface area contributed by atoms with E-state index in [1.165, 1.54) is 0 Å². The van der Waals surface area contributed by atoms with E-state index in [0.29, 0.717) is 6.61 Å². The molecular formula is C12H11NO3. The Balaban J connectivity index is 2.01. The van der Waals surface area contributed by atoms with Crippen LogP contribution in [0.4, 0.5) is 10.5 Å². The fourth-order valence-corrected chi connectivity index (χ4v) is 1.88. The van der Waals surface area contributed by atoms with E-state index in [1.807, 2.05) is 30.3 Å². The fourth-order valence-electron chi connectivity index (χ4n) is 1.88. The summed E-state index contributed by atoms with van der Waals surface area (Å²) >= 11 is 0. The Labute approximate surface area is 93.1 Å². The van der Waals surface area contributed by atoms with Crippen molar-refractivity contribution in [3.63, 3.8) is 0 Å². The molecule has 2 aliphatic rings. The fraction of sp³-hybridized carbons (Fsp3) is 0.250. The van der Waals surface area contributed by atoms with Gasteiger partial charge in [0.25, 0.3) is 0 Å². The van der Waals surface area contributed by atoms with Crippen molar-refractivity contribution in [2.45, 2.75) is 13.2 Å². The van der Waals surface area contributed by atoms with Gasteiger partial charge in [0.05, 0.1) is 12.3 Å². The van der Waals surface area contributed by atoms with E-state index >= 15 is 0 Å². The molecule has 0 aromatic heterocycles. The van der Waals surface area contributed by atoms with Crippen LogP contribution in [0.25, 0.3) is 6.08 Å². The molecule has 3 rings (SSSR count). The van der Waals surface area contributed by atoms with Crippen molar-refractivity contribution in [2.75, 3.05) is 11.5 Å². The van der Waals surface area contributed by atoms with Crippen molar-refractivity contribution in [1.82, 2.24) is 0 Å². The third-order valence-electron chi connectivity index (χ3n) is 2.63. The van der Waals surface area contributed by atoms with Crippen LogP contribution in [0.1, 0.15) is 12.5 Å². The highest BCUT2D eigenvalue weighted by molar-refractivity contribution is 5.95. The minimum atomic E-state index is -0.358. The van der Waals surface area contributed by atoms with Gasteiger partial charge < -0.3 is 9.47 Å². The zero-order valence-corrected chi connectivity index (χ0v) is 8.84. The van der Waals surface area contributed by atoms with Crippen molar-refractivity contribution in [3.05, 3.63) is 35.6 Å². The van der Waals surface area contributed by atoms with Gasteiger partial charge in [-0.15, -0.1) is 0 Å². The molecule has 16 heavy (non-hydrogen) atoms. The summed E-state index contributed by atoms with van der Waals surface area (Å²) in [6.07, 6.45) is 1.34. The average Bonchev–Trinajstić information content (AvgIpc) is 3.04. The van der Waals surface area contributed by atoms with E-state index in [4.69, 9.17) is 9.47 Å². The van der Waals surface area contributed by atoms with Crippen molar-refractivity contribution < 1.29 is 14.3 Å². The highest BCUT2D eigenvalue weighted by Crippen LogP contribution is 2.42. The molecule has 0 aliphatic carbocycles. The van der Waals surface area contributed by atoms with E-state index in [0.717, 1.165) is 17.0 Å². The van der Waals surface area contributed by atoms with Crippen LogP contribution in [0.2, 0.25) is 0 Å². The number of para-hydroxylation sites is 1. The summed E-state index contributed by atoms with van der Waals surface area (Å²) in [5, 5.41) is 0. The van der Waals surface area contributed by atoms with E-state index in [2.05, 4.69) is 0 Å². The van der Waals surface area contributed by atoms with Gasteiger partial charge in [0.2, 0.25) is 6.23 Å². The molecule has 1 unspecified atom stereocenters. The number of nitrogens with zero attached hydrogens (tertiary/aromatic N) is 1. The van der Waals surface area contributed by atoms with Crippen LogP contribution < -0.4 is 4.90 Å². The number of carbonyl (C=O) groups is 1. The van der Waals surface area contributed by atoms with Crippen molar-refractivity contribution >= 4 is 17.9 Å². The first-order valence-corrected chi connectivity index (χ1v) is 5.24. The molecular weight excluding hydrogens is 206 g/mol. The Morgan fingerprint density at radius 1 is 1.50 bits per heavy atom. The number of hydrogen-bond donors (Lipinski definition) is 0. The molecule has 1 amide bonds. The summed E-state index contributed by atoms with van der Waals surface area (Å²) in [4.78, 5) is 13.3. The van der Waals surface area contributed by atoms with Crippen molar-refractivity contribution in [2.24, 2.45) is 0 Å². The average molecular weight is 217 g/mol. The predicted molar refractivity (Wildman–Crippen MR) is 58.8 cm³/mol. The Kier molecular flexibility index (Phi) is 1.89. The molecule has 1 fully saturated rings. The second kappa shape index (κ2) is 3.27. The maximum atomic E-state index is 11.8. The number of ether oxygens (including phenoxy) is 2. The SMILES string of the molecule is CCOC(=O)N1c2ccccc2C=C2OC21. The highest BCUT2D eigenvalue weighted by atomic mass is 16.6. The Morgan fingerprint density at radius 2 is 2.31 bits per heavy atom. The molecule has 1 aromatic rings. The molecule has 2 aliphatic heterocycles. The predicted octanol–water partition coefficient (Wildman–Crippen LogP) is 2.36. The van der Waals surface area contributed by atoms with Crippen LogP contribution in [0.15, 0.2) is 30.0 Å². The van der Waals surface area contributed by atoms with Gasteiger partial charge in [0.1, 0.15) is 0 Å². The molecule has 0 bridgehead atoms. The lowest BCUT2D eigenvalue weighted by Gasteiger charge is -2.21. The number of anilines is 1. The standard InChI is InChI=1S/C12H11NO3/c1-2-15-12(14)13-9-6-4-3-5-8(9)7-10-11(13)16-10/h3-7,11H,2H2,1H3. The largest absolute Gasteiger partial charge is 0.461 e. The molecule has 1 atom stereocenters. The number of carbonyl (C=O) groups excluding carboxylic acids is 1. The number of epoxide rings is 1. The smallest absolute Gasteiger partial charge is 0.417 e. The van der Waals surface area contributed by atoms with Crippen LogP contribution in [0.3, 0.4) is 0 Å². The van der Waals surface area contributed by atoms with Gasteiger partial charge in [-0.1, -0.05) is 18.2 Å². The molecule has 0 N–H and O–H groups in total. The van der Waals surface area contributed by atoms with Gasteiger partial charge in [-0.3, -0.25) is 0 Å². The first-order valence-electron chi connectivity index (χ1n) is 5.24. The molecule has 0 saturated carbocycles. The summed E-state index contributed by atoms with van der Waals surface area (Å²) < 4.78 is 10.3. The van der Waals surface area contributed by atoms with Gasteiger partial charge in [0.15, 0.2) is 5.76 Å². The monoisotopic (exact) mass is 217 g/mol. The van der Waals surface area contributed by atoms with Gasteiger partial charge in [-0.25, -0.2) is 9.69 Å². The van der Waals surface area contributed by atoms with Gasteiger partial charge in [-0.05, 0) is 19.1 Å². The molecule has 1 saturated heterocycles. The van der Waals surface area contributed by atoms with Crippen LogP contribution in [-0.2, 0) is 9.47 Å². The molecule has 4 nitrogen and oxygen atoms in total. The molecule has 0 spiro atoms. The van der Waals surface area contributed by atoms with Gasteiger partial charge in [-0.2, -0.15) is 0 Å². The van der Waals surface area contributed by atoms with Crippen LogP contribution in [0, 0.1) is 0 Å². The first kappa shape index (κ1) is 9.27. The number of amides is 1. The van der Waals surface area contributed by atoms with Crippen molar-refractivity contribution in [1.29, 1.82) is 0 Å². The molecule has 2 heterocycles. The quantitative estimate of drug-likeness (QED) is 0.678. The number of rotatable bonds is 1.